The van der Waals surface area contributed by atoms with Crippen molar-refractivity contribution in [3.8, 4) is 23.0 Å². The topological polar surface area (TPSA) is 58.9 Å². The fourth-order valence-corrected chi connectivity index (χ4v) is 1.90. The number of hydrogen-bond acceptors (Lipinski definition) is 4. The molecular formula is C16H16O4. The van der Waals surface area contributed by atoms with Gasteiger partial charge in [0.05, 0.1) is 14.2 Å². The number of hydrogen-bond donors (Lipinski definition) is 2. The molecule has 2 aromatic rings. The van der Waals surface area contributed by atoms with Crippen LogP contribution in [-0.2, 0) is 0 Å². The van der Waals surface area contributed by atoms with Crippen molar-refractivity contribution in [3.63, 3.8) is 0 Å². The van der Waals surface area contributed by atoms with Crippen LogP contribution in [0.2, 0.25) is 0 Å². The predicted octanol–water partition coefficient (Wildman–Crippen LogP) is 3.18. The van der Waals surface area contributed by atoms with Gasteiger partial charge in [-0.1, -0.05) is 18.7 Å². The molecular weight excluding hydrogens is 256 g/mol. The normalized spacial score (nSPS) is 10.1. The first kappa shape index (κ1) is 13.8. The summed E-state index contributed by atoms with van der Waals surface area (Å²) in [7, 11) is 3.14. The first-order valence-corrected chi connectivity index (χ1v) is 6.00. The van der Waals surface area contributed by atoms with E-state index in [1.54, 1.807) is 26.4 Å². The lowest BCUT2D eigenvalue weighted by molar-refractivity contribution is 0.355. The summed E-state index contributed by atoms with van der Waals surface area (Å²) in [4.78, 5) is 0. The molecule has 0 spiro atoms. The molecule has 2 rings (SSSR count). The SMILES string of the molecule is C=C(c1ccc(O)c(O)c1)c1ccc(OC)c(OC)c1. The molecule has 2 aromatic carbocycles. The third-order valence-corrected chi connectivity index (χ3v) is 3.06. The first-order chi connectivity index (χ1) is 9.56. The number of ether oxygens (including phenoxy) is 2. The van der Waals surface area contributed by atoms with E-state index in [9.17, 15) is 10.2 Å². The van der Waals surface area contributed by atoms with Crippen molar-refractivity contribution in [1.82, 2.24) is 0 Å². The van der Waals surface area contributed by atoms with E-state index in [-0.39, 0.29) is 11.5 Å². The molecule has 0 unspecified atom stereocenters. The minimum Gasteiger partial charge on any atom is -0.504 e. The third-order valence-electron chi connectivity index (χ3n) is 3.06. The average Bonchev–Trinajstić information content (AvgIpc) is 2.48. The Labute approximate surface area is 117 Å². The molecule has 0 aliphatic heterocycles. The van der Waals surface area contributed by atoms with Gasteiger partial charge in [0.15, 0.2) is 23.0 Å². The average molecular weight is 272 g/mol. The second-order valence-corrected chi connectivity index (χ2v) is 4.25. The minimum absolute atomic E-state index is 0.158. The highest BCUT2D eigenvalue weighted by Gasteiger charge is 2.10. The third kappa shape index (κ3) is 2.54. The predicted molar refractivity (Wildman–Crippen MR) is 77.5 cm³/mol. The van der Waals surface area contributed by atoms with Gasteiger partial charge in [0.25, 0.3) is 0 Å². The Morgan fingerprint density at radius 1 is 0.850 bits per heavy atom. The van der Waals surface area contributed by atoms with Crippen LogP contribution in [0.5, 0.6) is 23.0 Å². The van der Waals surface area contributed by atoms with Crippen LogP contribution in [0.25, 0.3) is 5.57 Å². The zero-order valence-corrected chi connectivity index (χ0v) is 11.4. The van der Waals surface area contributed by atoms with Crippen LogP contribution < -0.4 is 9.47 Å². The fourth-order valence-electron chi connectivity index (χ4n) is 1.90. The Bertz CT molecular complexity index is 647. The fraction of sp³-hybridized carbons (Fsp3) is 0.125. The standard InChI is InChI=1S/C16H16O4/c1-10(11-4-6-13(17)14(18)8-11)12-5-7-15(19-2)16(9-12)20-3/h4-9,17-18H,1H2,2-3H3. The van der Waals surface area contributed by atoms with Gasteiger partial charge in [-0.25, -0.2) is 0 Å². The molecule has 0 atom stereocenters. The van der Waals surface area contributed by atoms with Crippen molar-refractivity contribution in [2.24, 2.45) is 0 Å². The van der Waals surface area contributed by atoms with Crippen LogP contribution in [0, 0.1) is 0 Å². The lowest BCUT2D eigenvalue weighted by Crippen LogP contribution is -1.93. The van der Waals surface area contributed by atoms with Gasteiger partial charge < -0.3 is 19.7 Å². The summed E-state index contributed by atoms with van der Waals surface area (Å²) >= 11 is 0. The van der Waals surface area contributed by atoms with Gasteiger partial charge >= 0.3 is 0 Å². The van der Waals surface area contributed by atoms with Crippen molar-refractivity contribution < 1.29 is 19.7 Å². The number of phenolic OH excluding ortho intramolecular Hbond substituents is 2. The summed E-state index contributed by atoms with van der Waals surface area (Å²) in [5, 5.41) is 18.9. The maximum absolute atomic E-state index is 9.54. The summed E-state index contributed by atoms with van der Waals surface area (Å²) < 4.78 is 10.4. The number of benzene rings is 2. The van der Waals surface area contributed by atoms with Crippen molar-refractivity contribution in [3.05, 3.63) is 54.1 Å². The Morgan fingerprint density at radius 3 is 2.05 bits per heavy atom. The van der Waals surface area contributed by atoms with E-state index < -0.39 is 0 Å². The molecule has 0 aliphatic carbocycles. The molecule has 0 heterocycles. The Hall–Kier alpha value is -2.62. The van der Waals surface area contributed by atoms with E-state index in [0.717, 1.165) is 5.56 Å². The molecule has 0 aliphatic rings. The van der Waals surface area contributed by atoms with Crippen molar-refractivity contribution in [1.29, 1.82) is 0 Å². The van der Waals surface area contributed by atoms with Crippen LogP contribution >= 0.6 is 0 Å². The van der Waals surface area contributed by atoms with E-state index in [1.165, 1.54) is 12.1 Å². The van der Waals surface area contributed by atoms with Gasteiger partial charge in [-0.3, -0.25) is 0 Å². The van der Waals surface area contributed by atoms with E-state index >= 15 is 0 Å². The molecule has 4 nitrogen and oxygen atoms in total. The van der Waals surface area contributed by atoms with Gasteiger partial charge in [-0.05, 0) is 41.0 Å². The van der Waals surface area contributed by atoms with Crippen LogP contribution in [0.4, 0.5) is 0 Å². The molecule has 4 heteroatoms. The summed E-state index contributed by atoms with van der Waals surface area (Å²) in [6.07, 6.45) is 0. The van der Waals surface area contributed by atoms with Gasteiger partial charge in [0, 0.05) is 0 Å². The highest BCUT2D eigenvalue weighted by molar-refractivity contribution is 5.80. The molecule has 0 amide bonds. The Balaban J connectivity index is 2.40. The van der Waals surface area contributed by atoms with E-state index in [4.69, 9.17) is 9.47 Å². The summed E-state index contributed by atoms with van der Waals surface area (Å²) in [6, 6.07) is 10.0. The quantitative estimate of drug-likeness (QED) is 0.839. The minimum atomic E-state index is -0.177. The van der Waals surface area contributed by atoms with Crippen molar-refractivity contribution in [2.75, 3.05) is 14.2 Å². The van der Waals surface area contributed by atoms with Crippen LogP contribution in [0.3, 0.4) is 0 Å². The number of phenols is 2. The van der Waals surface area contributed by atoms with Gasteiger partial charge in [-0.15, -0.1) is 0 Å². The molecule has 0 aromatic heterocycles. The largest absolute Gasteiger partial charge is 0.504 e. The molecule has 0 radical (unpaired) electrons. The van der Waals surface area contributed by atoms with Crippen molar-refractivity contribution in [2.45, 2.75) is 0 Å². The summed E-state index contributed by atoms with van der Waals surface area (Å²) in [6.45, 7) is 4.01. The second-order valence-electron chi connectivity index (χ2n) is 4.25. The van der Waals surface area contributed by atoms with Gasteiger partial charge in [-0.2, -0.15) is 0 Å². The Kier molecular flexibility index (Phi) is 3.84. The van der Waals surface area contributed by atoms with E-state index in [1.807, 2.05) is 12.1 Å². The van der Waals surface area contributed by atoms with E-state index in [0.29, 0.717) is 22.6 Å². The lowest BCUT2D eigenvalue weighted by atomic mass is 9.99. The molecule has 2 N–H and O–H groups in total. The lowest BCUT2D eigenvalue weighted by Gasteiger charge is -2.12. The molecule has 104 valence electrons. The van der Waals surface area contributed by atoms with Gasteiger partial charge in [0.2, 0.25) is 0 Å². The Morgan fingerprint density at radius 2 is 1.45 bits per heavy atom. The van der Waals surface area contributed by atoms with Crippen LogP contribution in [0.15, 0.2) is 43.0 Å². The van der Waals surface area contributed by atoms with Gasteiger partial charge in [0.1, 0.15) is 0 Å². The maximum Gasteiger partial charge on any atom is 0.161 e. The van der Waals surface area contributed by atoms with Crippen LogP contribution in [-0.4, -0.2) is 24.4 Å². The highest BCUT2D eigenvalue weighted by atomic mass is 16.5. The monoisotopic (exact) mass is 272 g/mol. The van der Waals surface area contributed by atoms with Crippen LogP contribution in [0.1, 0.15) is 11.1 Å². The summed E-state index contributed by atoms with van der Waals surface area (Å²) in [5.41, 5.74) is 2.27. The summed E-state index contributed by atoms with van der Waals surface area (Å²) in [5.74, 6) is 0.907. The smallest absolute Gasteiger partial charge is 0.161 e. The second kappa shape index (κ2) is 5.57. The molecule has 0 saturated heterocycles. The molecule has 0 saturated carbocycles. The first-order valence-electron chi connectivity index (χ1n) is 6.00. The van der Waals surface area contributed by atoms with Crippen molar-refractivity contribution >= 4 is 5.57 Å². The molecule has 0 bridgehead atoms. The highest BCUT2D eigenvalue weighted by Crippen LogP contribution is 2.34. The molecule has 0 fully saturated rings. The number of rotatable bonds is 4. The number of aromatic hydroxyl groups is 2. The molecule has 20 heavy (non-hydrogen) atoms. The zero-order valence-electron chi connectivity index (χ0n) is 11.4. The van der Waals surface area contributed by atoms with E-state index in [2.05, 4.69) is 6.58 Å². The maximum atomic E-state index is 9.54. The number of methoxy groups -OCH3 is 2. The zero-order chi connectivity index (χ0) is 14.7.